The lowest BCUT2D eigenvalue weighted by atomic mass is 9.91. The van der Waals surface area contributed by atoms with E-state index in [2.05, 4.69) is 32.2 Å². The topological polar surface area (TPSA) is 70.6 Å². The molecule has 7 heteroatoms. The molecule has 1 aromatic carbocycles. The Morgan fingerprint density at radius 1 is 1.16 bits per heavy atom. The number of benzene rings is 1. The van der Waals surface area contributed by atoms with Gasteiger partial charge < -0.3 is 15.0 Å². The predicted octanol–water partition coefficient (Wildman–Crippen LogP) is 2.83. The fourth-order valence-electron chi connectivity index (χ4n) is 4.60. The normalized spacial score (nSPS) is 21.6. The van der Waals surface area contributed by atoms with Crippen LogP contribution in [0.4, 0.5) is 5.95 Å². The Morgan fingerprint density at radius 3 is 2.58 bits per heavy atom. The van der Waals surface area contributed by atoms with Crippen LogP contribution in [0.15, 0.2) is 36.5 Å². The van der Waals surface area contributed by atoms with Crippen LogP contribution < -0.4 is 15.0 Å². The summed E-state index contributed by atoms with van der Waals surface area (Å²) in [6, 6.07) is 10.2. The Bertz CT molecular complexity index is 880. The molecule has 4 rings (SSSR count). The predicted molar refractivity (Wildman–Crippen MR) is 121 cm³/mol. The highest BCUT2D eigenvalue weighted by Crippen LogP contribution is 2.34. The second kappa shape index (κ2) is 9.64. The van der Waals surface area contributed by atoms with Crippen molar-refractivity contribution in [2.75, 3.05) is 38.2 Å². The Morgan fingerprint density at radius 2 is 1.90 bits per heavy atom. The number of aromatic nitrogens is 2. The molecular weight excluding hydrogens is 390 g/mol. The number of rotatable bonds is 7. The third kappa shape index (κ3) is 5.15. The van der Waals surface area contributed by atoms with E-state index in [0.29, 0.717) is 0 Å². The number of nitrogens with zero attached hydrogens (tertiary/aromatic N) is 4. The van der Waals surface area contributed by atoms with Crippen LogP contribution in [-0.2, 0) is 11.3 Å². The monoisotopic (exact) mass is 423 g/mol. The number of carbonyl (C=O) groups excluding carboxylic acids is 1. The van der Waals surface area contributed by atoms with Gasteiger partial charge in [0, 0.05) is 50.9 Å². The summed E-state index contributed by atoms with van der Waals surface area (Å²) in [5, 5.41) is 3.12. The first kappa shape index (κ1) is 21.6. The van der Waals surface area contributed by atoms with Gasteiger partial charge in [-0.05, 0) is 50.5 Å². The molecule has 1 amide bonds. The number of hydrogen-bond acceptors (Lipinski definition) is 6. The van der Waals surface area contributed by atoms with Crippen molar-refractivity contribution in [3.8, 4) is 5.75 Å². The zero-order chi connectivity index (χ0) is 21.8. The molecule has 0 aliphatic carbocycles. The van der Waals surface area contributed by atoms with Gasteiger partial charge in [-0.1, -0.05) is 12.1 Å². The molecule has 2 saturated heterocycles. The number of hydrogen-bond donors (Lipinski definition) is 1. The summed E-state index contributed by atoms with van der Waals surface area (Å²) in [5.74, 6) is 1.70. The van der Waals surface area contributed by atoms with Gasteiger partial charge in [-0.25, -0.2) is 9.97 Å². The minimum Gasteiger partial charge on any atom is -0.497 e. The molecule has 31 heavy (non-hydrogen) atoms. The van der Waals surface area contributed by atoms with Crippen molar-refractivity contribution >= 4 is 11.9 Å². The van der Waals surface area contributed by atoms with Crippen LogP contribution in [0.5, 0.6) is 5.75 Å². The summed E-state index contributed by atoms with van der Waals surface area (Å²) in [4.78, 5) is 27.1. The summed E-state index contributed by atoms with van der Waals surface area (Å²) in [5.41, 5.74) is 2.18. The van der Waals surface area contributed by atoms with Gasteiger partial charge in [0.25, 0.3) is 0 Å². The highest BCUT2D eigenvalue weighted by molar-refractivity contribution is 5.80. The second-order valence-electron chi connectivity index (χ2n) is 8.89. The van der Waals surface area contributed by atoms with Crippen molar-refractivity contribution in [2.45, 2.75) is 45.2 Å². The highest BCUT2D eigenvalue weighted by atomic mass is 16.5. The molecule has 2 aliphatic rings. The maximum Gasteiger partial charge on any atom is 0.225 e. The van der Waals surface area contributed by atoms with E-state index in [9.17, 15) is 4.79 Å². The molecule has 2 atom stereocenters. The molecule has 3 heterocycles. The zero-order valence-corrected chi connectivity index (χ0v) is 18.8. The molecule has 0 unspecified atom stereocenters. The molecule has 0 radical (unpaired) electrons. The average molecular weight is 424 g/mol. The Labute approximate surface area is 184 Å². The minimum atomic E-state index is -0.123. The molecule has 1 N–H and O–H groups in total. The molecule has 0 saturated carbocycles. The Kier molecular flexibility index (Phi) is 6.70. The van der Waals surface area contributed by atoms with Gasteiger partial charge in [0.05, 0.1) is 18.7 Å². The van der Waals surface area contributed by atoms with Crippen LogP contribution in [0.2, 0.25) is 0 Å². The fraction of sp³-hybridized carbons (Fsp3) is 0.542. The van der Waals surface area contributed by atoms with E-state index in [1.165, 1.54) is 18.4 Å². The molecule has 166 valence electrons. The van der Waals surface area contributed by atoms with Crippen LogP contribution in [0.1, 0.15) is 43.9 Å². The van der Waals surface area contributed by atoms with E-state index in [1.54, 1.807) is 7.11 Å². The van der Waals surface area contributed by atoms with E-state index in [1.807, 2.05) is 38.2 Å². The van der Waals surface area contributed by atoms with Crippen molar-refractivity contribution in [1.82, 2.24) is 20.2 Å². The molecule has 0 spiro atoms. The van der Waals surface area contributed by atoms with Gasteiger partial charge in [0.2, 0.25) is 11.9 Å². The summed E-state index contributed by atoms with van der Waals surface area (Å²) < 4.78 is 5.27. The van der Waals surface area contributed by atoms with Crippen molar-refractivity contribution < 1.29 is 9.53 Å². The maximum atomic E-state index is 13.1. The molecule has 7 nitrogen and oxygen atoms in total. The number of ether oxygens (including phenoxy) is 1. The van der Waals surface area contributed by atoms with Crippen molar-refractivity contribution in [3.63, 3.8) is 0 Å². The third-order valence-electron chi connectivity index (χ3n) is 6.16. The lowest BCUT2D eigenvalue weighted by Crippen LogP contribution is -2.38. The largest absolute Gasteiger partial charge is 0.497 e. The average Bonchev–Trinajstić information content (AvgIpc) is 3.44. The maximum absolute atomic E-state index is 13.1. The number of methoxy groups -OCH3 is 1. The van der Waals surface area contributed by atoms with Crippen LogP contribution in [-0.4, -0.2) is 60.1 Å². The SMILES string of the molecule is COc1ccc(CN2C[C@H](C(=O)NC(C)C)[C@@H](c3ccnc(N4CCCC4)n3)C2)cc1. The number of anilines is 1. The third-order valence-corrected chi connectivity index (χ3v) is 6.16. The molecule has 2 aromatic rings. The van der Waals surface area contributed by atoms with Crippen molar-refractivity contribution in [2.24, 2.45) is 5.92 Å². The first-order valence-corrected chi connectivity index (χ1v) is 11.3. The smallest absolute Gasteiger partial charge is 0.225 e. The van der Waals surface area contributed by atoms with E-state index >= 15 is 0 Å². The van der Waals surface area contributed by atoms with Gasteiger partial charge >= 0.3 is 0 Å². The van der Waals surface area contributed by atoms with E-state index < -0.39 is 0 Å². The second-order valence-corrected chi connectivity index (χ2v) is 8.89. The van der Waals surface area contributed by atoms with Crippen LogP contribution in [0, 0.1) is 5.92 Å². The van der Waals surface area contributed by atoms with E-state index in [-0.39, 0.29) is 23.8 Å². The Balaban J connectivity index is 1.54. The highest BCUT2D eigenvalue weighted by Gasteiger charge is 2.39. The van der Waals surface area contributed by atoms with Crippen LogP contribution in [0.25, 0.3) is 0 Å². The lowest BCUT2D eigenvalue weighted by Gasteiger charge is -2.21. The Hall–Kier alpha value is -2.67. The first-order valence-electron chi connectivity index (χ1n) is 11.3. The lowest BCUT2D eigenvalue weighted by molar-refractivity contribution is -0.125. The quantitative estimate of drug-likeness (QED) is 0.739. The van der Waals surface area contributed by atoms with Gasteiger partial charge in [0.1, 0.15) is 5.75 Å². The van der Waals surface area contributed by atoms with Crippen LogP contribution >= 0.6 is 0 Å². The fourth-order valence-corrected chi connectivity index (χ4v) is 4.60. The first-order chi connectivity index (χ1) is 15.0. The molecule has 1 aromatic heterocycles. The van der Waals surface area contributed by atoms with E-state index in [0.717, 1.165) is 50.1 Å². The molecule has 0 bridgehead atoms. The summed E-state index contributed by atoms with van der Waals surface area (Å²) in [6.45, 7) is 8.36. The van der Waals surface area contributed by atoms with E-state index in [4.69, 9.17) is 9.72 Å². The zero-order valence-electron chi connectivity index (χ0n) is 18.8. The van der Waals surface area contributed by atoms with Gasteiger partial charge in [-0.2, -0.15) is 0 Å². The molecule has 2 aliphatic heterocycles. The standard InChI is InChI=1S/C24H33N5O2/c1-17(2)26-23(30)21-16-28(14-18-6-8-19(31-3)9-7-18)15-20(21)22-10-11-25-24(27-22)29-12-4-5-13-29/h6-11,17,20-21H,4-5,12-16H2,1-3H3,(H,26,30)/t20-,21-/m0/s1. The number of carbonyl (C=O) groups is 1. The summed E-state index contributed by atoms with van der Waals surface area (Å²) in [6.07, 6.45) is 4.22. The van der Waals surface area contributed by atoms with Crippen molar-refractivity contribution in [1.29, 1.82) is 0 Å². The molecular formula is C24H33N5O2. The van der Waals surface area contributed by atoms with Gasteiger partial charge in [-0.3, -0.25) is 9.69 Å². The minimum absolute atomic E-state index is 0.0568. The number of nitrogens with one attached hydrogen (secondary N) is 1. The molecule has 2 fully saturated rings. The van der Waals surface area contributed by atoms with Gasteiger partial charge in [0.15, 0.2) is 0 Å². The summed E-state index contributed by atoms with van der Waals surface area (Å²) in [7, 11) is 1.68. The van der Waals surface area contributed by atoms with Crippen LogP contribution in [0.3, 0.4) is 0 Å². The van der Waals surface area contributed by atoms with Crippen molar-refractivity contribution in [3.05, 3.63) is 47.8 Å². The number of likely N-dealkylation sites (tertiary alicyclic amines) is 1. The van der Waals surface area contributed by atoms with Gasteiger partial charge in [-0.15, -0.1) is 0 Å². The summed E-state index contributed by atoms with van der Waals surface area (Å²) >= 11 is 0. The number of amides is 1.